The van der Waals surface area contributed by atoms with Crippen LogP contribution in [0.4, 0.5) is 4.39 Å². The maximum absolute atomic E-state index is 13.8. The molecule has 1 N–H and O–H groups in total. The van der Waals surface area contributed by atoms with Crippen LogP contribution in [0.1, 0.15) is 0 Å². The monoisotopic (exact) mass is 306 g/mol. The lowest BCUT2D eigenvalue weighted by Gasteiger charge is -2.06. The fraction of sp³-hybridized carbons (Fsp3) is 0. The molecule has 0 amide bonds. The first kappa shape index (κ1) is 11.2. The summed E-state index contributed by atoms with van der Waals surface area (Å²) in [4.78, 5) is 0. The van der Waals surface area contributed by atoms with Crippen molar-refractivity contribution in [1.82, 2.24) is 9.78 Å². The molecule has 0 radical (unpaired) electrons. The SMILES string of the molecule is Oc1ccc(Br)c2cnn(-c3ccccc3F)c12. The van der Waals surface area contributed by atoms with Crippen LogP contribution in [0.3, 0.4) is 0 Å². The summed E-state index contributed by atoms with van der Waals surface area (Å²) in [5.74, 6) is -0.323. The zero-order valence-electron chi connectivity index (χ0n) is 9.14. The largest absolute Gasteiger partial charge is 0.506 e. The summed E-state index contributed by atoms with van der Waals surface area (Å²) in [6.45, 7) is 0. The van der Waals surface area contributed by atoms with Crippen molar-refractivity contribution in [2.45, 2.75) is 0 Å². The Morgan fingerprint density at radius 3 is 2.72 bits per heavy atom. The van der Waals surface area contributed by atoms with E-state index in [0.717, 1.165) is 9.86 Å². The molecule has 18 heavy (non-hydrogen) atoms. The third-order valence-electron chi connectivity index (χ3n) is 2.74. The summed E-state index contributed by atoms with van der Waals surface area (Å²) in [6.07, 6.45) is 1.59. The van der Waals surface area contributed by atoms with Crippen LogP contribution < -0.4 is 0 Å². The predicted octanol–water partition coefficient (Wildman–Crippen LogP) is 3.63. The van der Waals surface area contributed by atoms with E-state index in [1.54, 1.807) is 36.5 Å². The average Bonchev–Trinajstić information content (AvgIpc) is 2.80. The number of para-hydroxylation sites is 1. The quantitative estimate of drug-likeness (QED) is 0.745. The van der Waals surface area contributed by atoms with Crippen molar-refractivity contribution in [3.05, 3.63) is 52.9 Å². The Hall–Kier alpha value is -1.88. The van der Waals surface area contributed by atoms with Crippen LogP contribution in [-0.2, 0) is 0 Å². The van der Waals surface area contributed by atoms with Crippen molar-refractivity contribution in [1.29, 1.82) is 0 Å². The highest BCUT2D eigenvalue weighted by atomic mass is 79.9. The lowest BCUT2D eigenvalue weighted by molar-refractivity contribution is 0.478. The van der Waals surface area contributed by atoms with Gasteiger partial charge in [0.25, 0.3) is 0 Å². The molecular weight excluding hydrogens is 299 g/mol. The van der Waals surface area contributed by atoms with E-state index < -0.39 is 0 Å². The minimum absolute atomic E-state index is 0.0638. The number of hydrogen-bond donors (Lipinski definition) is 1. The topological polar surface area (TPSA) is 38.1 Å². The van der Waals surface area contributed by atoms with Gasteiger partial charge in [0, 0.05) is 9.86 Å². The van der Waals surface area contributed by atoms with Crippen molar-refractivity contribution in [3.8, 4) is 11.4 Å². The second kappa shape index (κ2) is 4.10. The van der Waals surface area contributed by atoms with Crippen LogP contribution in [0, 0.1) is 5.82 Å². The van der Waals surface area contributed by atoms with Crippen molar-refractivity contribution in [2.24, 2.45) is 0 Å². The van der Waals surface area contributed by atoms with Gasteiger partial charge in [0.15, 0.2) is 0 Å². The standard InChI is InChI=1S/C13H8BrFN2O/c14-9-5-6-12(18)13-8(9)7-16-17(13)11-4-2-1-3-10(11)15/h1-7,18H. The van der Waals surface area contributed by atoms with Crippen molar-refractivity contribution in [2.75, 3.05) is 0 Å². The molecule has 0 bridgehead atoms. The number of phenolic OH excluding ortho intramolecular Hbond substituents is 1. The van der Waals surface area contributed by atoms with Crippen LogP contribution in [0.2, 0.25) is 0 Å². The molecule has 3 rings (SSSR count). The van der Waals surface area contributed by atoms with E-state index in [2.05, 4.69) is 21.0 Å². The van der Waals surface area contributed by atoms with Gasteiger partial charge >= 0.3 is 0 Å². The Kier molecular flexibility index (Phi) is 2.56. The van der Waals surface area contributed by atoms with Crippen molar-refractivity contribution in [3.63, 3.8) is 0 Å². The average molecular weight is 307 g/mol. The Bertz CT molecular complexity index is 739. The molecule has 1 heterocycles. The Morgan fingerprint density at radius 1 is 1.17 bits per heavy atom. The maximum Gasteiger partial charge on any atom is 0.148 e. The van der Waals surface area contributed by atoms with Gasteiger partial charge in [0.2, 0.25) is 0 Å². The number of aromatic hydroxyl groups is 1. The molecule has 0 aliphatic rings. The van der Waals surface area contributed by atoms with Crippen molar-refractivity contribution < 1.29 is 9.50 Å². The number of aromatic nitrogens is 2. The lowest BCUT2D eigenvalue weighted by atomic mass is 10.2. The molecule has 0 atom stereocenters. The molecule has 0 saturated carbocycles. The Balaban J connectivity index is 2.38. The number of fused-ring (bicyclic) bond motifs is 1. The minimum atomic E-state index is -0.387. The highest BCUT2D eigenvalue weighted by Gasteiger charge is 2.13. The summed E-state index contributed by atoms with van der Waals surface area (Å²) < 4.78 is 16.0. The number of benzene rings is 2. The van der Waals surface area contributed by atoms with E-state index in [4.69, 9.17) is 0 Å². The molecule has 0 saturated heterocycles. The van der Waals surface area contributed by atoms with E-state index in [0.29, 0.717) is 11.2 Å². The highest BCUT2D eigenvalue weighted by molar-refractivity contribution is 9.10. The highest BCUT2D eigenvalue weighted by Crippen LogP contribution is 2.32. The first-order valence-electron chi connectivity index (χ1n) is 5.28. The van der Waals surface area contributed by atoms with Gasteiger partial charge in [0.05, 0.1) is 6.20 Å². The lowest BCUT2D eigenvalue weighted by Crippen LogP contribution is -1.99. The number of rotatable bonds is 1. The molecule has 0 unspecified atom stereocenters. The van der Waals surface area contributed by atoms with Gasteiger partial charge < -0.3 is 5.11 Å². The Labute approximate surface area is 111 Å². The zero-order chi connectivity index (χ0) is 12.7. The number of phenols is 1. The molecule has 2 aromatic carbocycles. The molecular formula is C13H8BrFN2O. The van der Waals surface area contributed by atoms with Crippen molar-refractivity contribution >= 4 is 26.8 Å². The summed E-state index contributed by atoms with van der Waals surface area (Å²) in [6, 6.07) is 9.58. The third kappa shape index (κ3) is 1.59. The van der Waals surface area contributed by atoms with E-state index in [1.165, 1.54) is 10.7 Å². The van der Waals surface area contributed by atoms with Crippen LogP contribution in [-0.4, -0.2) is 14.9 Å². The van der Waals surface area contributed by atoms with Gasteiger partial charge in [0.1, 0.15) is 22.8 Å². The molecule has 0 aliphatic heterocycles. The summed E-state index contributed by atoms with van der Waals surface area (Å²) >= 11 is 3.38. The fourth-order valence-electron chi connectivity index (χ4n) is 1.90. The number of hydrogen-bond acceptors (Lipinski definition) is 2. The number of halogens is 2. The molecule has 0 aliphatic carbocycles. The second-order valence-corrected chi connectivity index (χ2v) is 4.69. The van der Waals surface area contributed by atoms with Gasteiger partial charge in [-0.25, -0.2) is 9.07 Å². The van der Waals surface area contributed by atoms with Gasteiger partial charge in [-0.15, -0.1) is 0 Å². The van der Waals surface area contributed by atoms with E-state index >= 15 is 0 Å². The second-order valence-electron chi connectivity index (χ2n) is 3.84. The predicted molar refractivity (Wildman–Crippen MR) is 70.4 cm³/mol. The van der Waals surface area contributed by atoms with Crippen LogP contribution in [0.5, 0.6) is 5.75 Å². The third-order valence-corrected chi connectivity index (χ3v) is 3.43. The number of nitrogens with zero attached hydrogens (tertiary/aromatic N) is 2. The molecule has 0 spiro atoms. The van der Waals surface area contributed by atoms with Gasteiger partial charge in [-0.1, -0.05) is 28.1 Å². The minimum Gasteiger partial charge on any atom is -0.506 e. The summed E-state index contributed by atoms with van der Waals surface area (Å²) in [5, 5.41) is 14.8. The van der Waals surface area contributed by atoms with E-state index in [9.17, 15) is 9.50 Å². The molecule has 1 aromatic heterocycles. The first-order valence-corrected chi connectivity index (χ1v) is 6.08. The van der Waals surface area contributed by atoms with E-state index in [-0.39, 0.29) is 11.6 Å². The molecule has 3 aromatic rings. The van der Waals surface area contributed by atoms with Gasteiger partial charge in [-0.3, -0.25) is 0 Å². The summed E-state index contributed by atoms with van der Waals surface area (Å²) in [5.41, 5.74) is 0.787. The molecule has 3 nitrogen and oxygen atoms in total. The van der Waals surface area contributed by atoms with Crippen LogP contribution in [0.25, 0.3) is 16.6 Å². The molecule has 0 fully saturated rings. The smallest absolute Gasteiger partial charge is 0.148 e. The van der Waals surface area contributed by atoms with Gasteiger partial charge in [-0.2, -0.15) is 5.10 Å². The summed E-state index contributed by atoms with van der Waals surface area (Å²) in [7, 11) is 0. The van der Waals surface area contributed by atoms with Gasteiger partial charge in [-0.05, 0) is 24.3 Å². The zero-order valence-corrected chi connectivity index (χ0v) is 10.7. The molecule has 5 heteroatoms. The normalized spacial score (nSPS) is 11.0. The van der Waals surface area contributed by atoms with E-state index in [1.807, 2.05) is 0 Å². The first-order chi connectivity index (χ1) is 8.68. The Morgan fingerprint density at radius 2 is 1.94 bits per heavy atom. The maximum atomic E-state index is 13.8. The van der Waals surface area contributed by atoms with Crippen LogP contribution in [0.15, 0.2) is 47.1 Å². The van der Waals surface area contributed by atoms with Crippen LogP contribution >= 0.6 is 15.9 Å². The molecule has 90 valence electrons. The fourth-order valence-corrected chi connectivity index (χ4v) is 2.32.